The zero-order valence-corrected chi connectivity index (χ0v) is 6.46. The molecule has 0 aromatic heterocycles. The molecule has 0 aliphatic heterocycles. The molecule has 0 aromatic rings. The first-order valence-corrected chi connectivity index (χ1v) is 3.12. The van der Waals surface area contributed by atoms with Crippen LogP contribution in [0.15, 0.2) is 12.7 Å². The monoisotopic (exact) mass is 146 g/mol. The molecule has 0 saturated carbocycles. The summed E-state index contributed by atoms with van der Waals surface area (Å²) < 4.78 is 3.99. The van der Waals surface area contributed by atoms with Gasteiger partial charge in [0.25, 0.3) is 0 Å². The first kappa shape index (κ1) is 11.9. The summed E-state index contributed by atoms with van der Waals surface area (Å²) >= 11 is 0. The van der Waals surface area contributed by atoms with Gasteiger partial charge in [-0.1, -0.05) is 26.8 Å². The lowest BCUT2D eigenvalue weighted by atomic mass is 10.6. The van der Waals surface area contributed by atoms with E-state index in [-0.39, 0.29) is 0 Å². The number of esters is 1. The smallest absolute Gasteiger partial charge is 0.332 e. The number of carbonyl (C=O) groups is 1. The highest BCUT2D eigenvalue weighted by molar-refractivity contribution is 5.81. The Bertz CT molecular complexity index is 88.9. The molecule has 0 bridgehead atoms. The summed E-state index contributed by atoms with van der Waals surface area (Å²) in [7, 11) is 0. The summed E-state index contributed by atoms with van der Waals surface area (Å²) in [6, 6.07) is 0. The van der Waals surface area contributed by atoms with Crippen molar-refractivity contribution < 1.29 is 14.6 Å². The van der Waals surface area contributed by atoms with E-state index in [1.165, 1.54) is 6.42 Å². The lowest BCUT2D eigenvalue weighted by Crippen LogP contribution is -1.99. The molecule has 1 N–H and O–H groups in total. The second-order valence-electron chi connectivity index (χ2n) is 1.50. The third-order valence-corrected chi connectivity index (χ3v) is 0.373. The number of rotatable bonds is 2. The number of ether oxygens (including phenoxy) is 1. The molecule has 0 aliphatic rings. The van der Waals surface area contributed by atoms with E-state index >= 15 is 0 Å². The average Bonchev–Trinajstić information content (AvgIpc) is 1.90. The van der Waals surface area contributed by atoms with E-state index in [9.17, 15) is 4.79 Å². The van der Waals surface area contributed by atoms with Crippen LogP contribution in [0.4, 0.5) is 0 Å². The molecule has 0 aromatic carbocycles. The number of hydrogen-bond donors (Lipinski definition) is 1. The maximum absolute atomic E-state index is 9.91. The van der Waals surface area contributed by atoms with Gasteiger partial charge >= 0.3 is 5.97 Å². The molecule has 0 radical (unpaired) electrons. The molecule has 3 heteroatoms. The van der Waals surface area contributed by atoms with Crippen molar-refractivity contribution in [3.8, 4) is 0 Å². The minimum absolute atomic E-state index is 0.579. The fourth-order valence-electron chi connectivity index (χ4n) is 0.123. The lowest BCUT2D eigenvalue weighted by Gasteiger charge is -1.89. The Balaban J connectivity index is 0. The van der Waals surface area contributed by atoms with Gasteiger partial charge in [0.05, 0.1) is 0 Å². The Kier molecular flexibility index (Phi) is 13.1. The molecule has 0 spiro atoms. The van der Waals surface area contributed by atoms with E-state index in [0.29, 0.717) is 0 Å². The molecule has 10 heavy (non-hydrogen) atoms. The molecule has 0 aliphatic carbocycles. The van der Waals surface area contributed by atoms with E-state index in [2.05, 4.69) is 25.2 Å². The quantitative estimate of drug-likeness (QED) is 0.360. The maximum atomic E-state index is 9.91. The summed E-state index contributed by atoms with van der Waals surface area (Å²) in [6.07, 6.45) is 2.23. The van der Waals surface area contributed by atoms with Gasteiger partial charge in [-0.05, 0) is 0 Å². The van der Waals surface area contributed by atoms with E-state index in [0.717, 1.165) is 6.08 Å². The van der Waals surface area contributed by atoms with Crippen LogP contribution in [0.25, 0.3) is 0 Å². The Morgan fingerprint density at radius 2 is 2.10 bits per heavy atom. The molecule has 60 valence electrons. The van der Waals surface area contributed by atoms with Crippen LogP contribution in [0, 0.1) is 0 Å². The van der Waals surface area contributed by atoms with Crippen molar-refractivity contribution in [2.75, 3.05) is 6.79 Å². The van der Waals surface area contributed by atoms with Crippen molar-refractivity contribution in [2.45, 2.75) is 20.3 Å². The van der Waals surface area contributed by atoms with Crippen LogP contribution in [0.3, 0.4) is 0 Å². The van der Waals surface area contributed by atoms with Crippen molar-refractivity contribution in [2.24, 2.45) is 0 Å². The Morgan fingerprint density at radius 1 is 1.70 bits per heavy atom. The first-order chi connectivity index (χ1) is 4.72. The van der Waals surface area contributed by atoms with Crippen LogP contribution < -0.4 is 0 Å². The number of aliphatic hydroxyl groups is 1. The fourth-order valence-corrected chi connectivity index (χ4v) is 0.123. The van der Waals surface area contributed by atoms with Gasteiger partial charge in [-0.2, -0.15) is 0 Å². The molecule has 0 fully saturated rings. The molecule has 0 atom stereocenters. The van der Waals surface area contributed by atoms with Crippen molar-refractivity contribution in [1.29, 1.82) is 0 Å². The summed E-state index contributed by atoms with van der Waals surface area (Å²) in [4.78, 5) is 9.91. The van der Waals surface area contributed by atoms with Crippen molar-refractivity contribution in [3.63, 3.8) is 0 Å². The first-order valence-electron chi connectivity index (χ1n) is 3.12. The summed E-state index contributed by atoms with van der Waals surface area (Å²) in [5.74, 6) is -0.609. The lowest BCUT2D eigenvalue weighted by molar-refractivity contribution is -0.145. The van der Waals surface area contributed by atoms with E-state index in [1.807, 2.05) is 0 Å². The van der Waals surface area contributed by atoms with Gasteiger partial charge in [-0.15, -0.1) is 0 Å². The van der Waals surface area contributed by atoms with Crippen LogP contribution in [-0.4, -0.2) is 17.9 Å². The maximum Gasteiger partial charge on any atom is 0.332 e. The molecule has 3 nitrogen and oxygen atoms in total. The van der Waals surface area contributed by atoms with Gasteiger partial charge < -0.3 is 9.84 Å². The highest BCUT2D eigenvalue weighted by Gasteiger charge is 1.87. The van der Waals surface area contributed by atoms with Crippen LogP contribution in [0.5, 0.6) is 0 Å². The van der Waals surface area contributed by atoms with Crippen LogP contribution >= 0.6 is 0 Å². The molecule has 0 unspecified atom stereocenters. The largest absolute Gasteiger partial charge is 0.436 e. The van der Waals surface area contributed by atoms with Crippen LogP contribution in [0.1, 0.15) is 20.3 Å². The van der Waals surface area contributed by atoms with E-state index in [1.54, 1.807) is 0 Å². The molecule has 0 heterocycles. The molecule has 0 saturated heterocycles. The van der Waals surface area contributed by atoms with Gasteiger partial charge in [0.1, 0.15) is 0 Å². The highest BCUT2D eigenvalue weighted by atomic mass is 16.6. The third-order valence-electron chi connectivity index (χ3n) is 0.373. The van der Waals surface area contributed by atoms with Gasteiger partial charge in [-0.3, -0.25) is 0 Å². The zero-order chi connectivity index (χ0) is 8.41. The number of aliphatic hydroxyl groups excluding tert-OH is 1. The van der Waals surface area contributed by atoms with Crippen molar-refractivity contribution in [1.82, 2.24) is 0 Å². The zero-order valence-electron chi connectivity index (χ0n) is 6.46. The summed E-state index contributed by atoms with van der Waals surface area (Å²) in [5.41, 5.74) is 0. The average molecular weight is 146 g/mol. The fraction of sp³-hybridized carbons (Fsp3) is 0.571. The third kappa shape index (κ3) is 15.7. The molecule has 0 amide bonds. The minimum atomic E-state index is -0.609. The number of hydrogen-bond acceptors (Lipinski definition) is 3. The Morgan fingerprint density at radius 3 is 2.20 bits per heavy atom. The minimum Gasteiger partial charge on any atom is -0.436 e. The van der Waals surface area contributed by atoms with Crippen LogP contribution in [0.2, 0.25) is 0 Å². The van der Waals surface area contributed by atoms with Gasteiger partial charge in [0, 0.05) is 6.08 Å². The molecule has 0 rings (SSSR count). The topological polar surface area (TPSA) is 46.5 Å². The Labute approximate surface area is 61.3 Å². The molecular weight excluding hydrogens is 132 g/mol. The van der Waals surface area contributed by atoms with Gasteiger partial charge in [0.2, 0.25) is 0 Å². The molecular formula is C7H14O3. The second kappa shape index (κ2) is 11.0. The van der Waals surface area contributed by atoms with Gasteiger partial charge in [-0.25, -0.2) is 4.79 Å². The standard InChI is InChI=1S/C4H6O3.C3H8/c1-2-4(6)7-3-5;1-3-2/h2,5H,1,3H2;3H2,1-2H3. The highest BCUT2D eigenvalue weighted by Crippen LogP contribution is 1.72. The summed E-state index contributed by atoms with van der Waals surface area (Å²) in [5, 5.41) is 7.88. The number of carbonyl (C=O) groups excluding carboxylic acids is 1. The predicted molar refractivity (Wildman–Crippen MR) is 39.3 cm³/mol. The Hall–Kier alpha value is -0.830. The predicted octanol–water partition coefficient (Wildman–Crippen LogP) is 1.08. The normalized spacial score (nSPS) is 7.10. The second-order valence-corrected chi connectivity index (χ2v) is 1.50. The van der Waals surface area contributed by atoms with E-state index < -0.39 is 12.8 Å². The van der Waals surface area contributed by atoms with Crippen LogP contribution in [-0.2, 0) is 9.53 Å². The van der Waals surface area contributed by atoms with Crippen molar-refractivity contribution in [3.05, 3.63) is 12.7 Å². The summed E-state index contributed by atoms with van der Waals surface area (Å²) in [6.45, 7) is 6.77. The SMILES string of the molecule is C=CC(=O)OCO.CCC. The van der Waals surface area contributed by atoms with E-state index in [4.69, 9.17) is 5.11 Å². The van der Waals surface area contributed by atoms with Crippen molar-refractivity contribution >= 4 is 5.97 Å². The van der Waals surface area contributed by atoms with Gasteiger partial charge in [0.15, 0.2) is 6.79 Å².